The summed E-state index contributed by atoms with van der Waals surface area (Å²) in [5.41, 5.74) is 16.0. The lowest BCUT2D eigenvalue weighted by atomic mass is 10.1. The fourth-order valence-corrected chi connectivity index (χ4v) is 5.11. The fraction of sp³-hybridized carbons (Fsp3) is 0.0455. The van der Waals surface area contributed by atoms with Crippen LogP contribution in [-0.2, 0) is 6.42 Å². The van der Waals surface area contributed by atoms with E-state index in [0.717, 1.165) is 32.9 Å². The highest BCUT2D eigenvalue weighted by Gasteiger charge is 2.18. The fourth-order valence-electron chi connectivity index (χ4n) is 3.53. The third-order valence-corrected chi connectivity index (χ3v) is 6.47. The van der Waals surface area contributed by atoms with Crippen LogP contribution in [0.25, 0.3) is 28.2 Å². The number of primary amides is 1. The molecule has 0 aliphatic rings. The first-order valence-corrected chi connectivity index (χ1v) is 11.2. The number of nitrogen functional groups attached to an aromatic ring is 1. The Labute approximate surface area is 195 Å². The molecule has 4 aromatic heterocycles. The molecule has 0 atom stereocenters. The number of nitrogens with two attached hydrogens (primary N) is 2. The lowest BCUT2D eigenvalue weighted by Crippen LogP contribution is -2.13. The summed E-state index contributed by atoms with van der Waals surface area (Å²) in [7, 11) is 0. The first-order valence-electron chi connectivity index (χ1n) is 9.60. The number of hydrogen-bond acceptors (Lipinski definition) is 7. The quantitative estimate of drug-likeness (QED) is 0.372. The Bertz CT molecular complexity index is 1460. The molecule has 4 N–H and O–H groups in total. The maximum absolute atomic E-state index is 11.7. The Hall–Kier alpha value is -3.63. The van der Waals surface area contributed by atoms with E-state index in [4.69, 9.17) is 16.5 Å². The predicted molar refractivity (Wildman–Crippen MR) is 128 cm³/mol. The van der Waals surface area contributed by atoms with Crippen LogP contribution in [0.1, 0.15) is 20.9 Å². The van der Waals surface area contributed by atoms with E-state index in [1.807, 2.05) is 53.1 Å². The van der Waals surface area contributed by atoms with Crippen molar-refractivity contribution in [2.24, 2.45) is 5.73 Å². The van der Waals surface area contributed by atoms with Crippen molar-refractivity contribution in [3.05, 3.63) is 81.0 Å². The molecule has 0 spiro atoms. The second kappa shape index (κ2) is 8.13. The third kappa shape index (κ3) is 3.63. The van der Waals surface area contributed by atoms with Gasteiger partial charge in [0.1, 0.15) is 17.0 Å². The van der Waals surface area contributed by atoms with E-state index < -0.39 is 5.91 Å². The van der Waals surface area contributed by atoms with E-state index in [1.54, 1.807) is 12.4 Å². The average Bonchev–Trinajstić information content (AvgIpc) is 3.35. The molecule has 1 aromatic carbocycles. The smallest absolute Gasteiger partial charge is 0.268 e. The van der Waals surface area contributed by atoms with E-state index in [1.165, 1.54) is 11.3 Å². The number of hydrogen-bond donors (Lipinski definition) is 2. The van der Waals surface area contributed by atoms with Crippen LogP contribution in [0.5, 0.6) is 0 Å². The van der Waals surface area contributed by atoms with Crippen molar-refractivity contribution < 1.29 is 4.79 Å². The van der Waals surface area contributed by atoms with Crippen LogP contribution in [-0.4, -0.2) is 30.4 Å². The van der Waals surface area contributed by atoms with Crippen LogP contribution >= 0.6 is 27.3 Å². The van der Waals surface area contributed by atoms with E-state index in [2.05, 4.69) is 30.9 Å². The number of aromatic nitrogens is 5. The summed E-state index contributed by atoms with van der Waals surface area (Å²) in [6.07, 6.45) is 3.93. The maximum atomic E-state index is 11.7. The molecule has 0 saturated carbocycles. The van der Waals surface area contributed by atoms with E-state index in [-0.39, 0.29) is 0 Å². The highest BCUT2D eigenvalue weighted by Crippen LogP contribution is 2.31. The summed E-state index contributed by atoms with van der Waals surface area (Å²) >= 11 is 4.73. The molecule has 32 heavy (non-hydrogen) atoms. The number of nitrogens with zero attached hydrogens (tertiary/aromatic N) is 5. The summed E-state index contributed by atoms with van der Waals surface area (Å²) < 4.78 is 2.59. The van der Waals surface area contributed by atoms with Crippen LogP contribution in [0.3, 0.4) is 0 Å². The topological polar surface area (TPSA) is 126 Å². The molecule has 0 aliphatic carbocycles. The van der Waals surface area contributed by atoms with Gasteiger partial charge in [-0.1, -0.05) is 12.1 Å². The number of anilines is 1. The number of rotatable bonds is 5. The number of amides is 1. The summed E-state index contributed by atoms with van der Waals surface area (Å²) in [4.78, 5) is 30.2. The van der Waals surface area contributed by atoms with Gasteiger partial charge in [-0.15, -0.1) is 11.3 Å². The standard InChI is InChI=1S/C22H16BrN7OS/c23-22-29-17(19(25)31)16(32-22)11-12-5-7-13(8-6-12)30-20(14-3-1-9-26-18(14)24)28-15-4-2-10-27-21(15)30/h1-10H,11H2,(H2,24,26)(H2,25,31). The van der Waals surface area contributed by atoms with Gasteiger partial charge in [-0.3, -0.25) is 9.36 Å². The van der Waals surface area contributed by atoms with E-state index in [0.29, 0.717) is 27.7 Å². The van der Waals surface area contributed by atoms with Gasteiger partial charge in [0.2, 0.25) is 0 Å². The van der Waals surface area contributed by atoms with E-state index >= 15 is 0 Å². The monoisotopic (exact) mass is 505 g/mol. The van der Waals surface area contributed by atoms with Gasteiger partial charge >= 0.3 is 0 Å². The van der Waals surface area contributed by atoms with Gasteiger partial charge < -0.3 is 11.5 Å². The molecular weight excluding hydrogens is 490 g/mol. The molecule has 0 bridgehead atoms. The van der Waals surface area contributed by atoms with Crippen LogP contribution in [0.2, 0.25) is 0 Å². The Balaban J connectivity index is 1.58. The third-order valence-electron chi connectivity index (χ3n) is 4.96. The Morgan fingerprint density at radius 3 is 2.53 bits per heavy atom. The molecule has 5 rings (SSSR count). The van der Waals surface area contributed by atoms with E-state index in [9.17, 15) is 4.79 Å². The number of fused-ring (bicyclic) bond motifs is 1. The van der Waals surface area contributed by atoms with Crippen molar-refractivity contribution in [1.82, 2.24) is 24.5 Å². The van der Waals surface area contributed by atoms with Gasteiger partial charge in [0.15, 0.2) is 15.4 Å². The molecule has 158 valence electrons. The Morgan fingerprint density at radius 2 is 1.78 bits per heavy atom. The summed E-state index contributed by atoms with van der Waals surface area (Å²) in [6.45, 7) is 0. The molecule has 10 heteroatoms. The zero-order valence-corrected chi connectivity index (χ0v) is 19.0. The number of carbonyl (C=O) groups is 1. The van der Waals surface area contributed by atoms with Gasteiger partial charge in [0.05, 0.1) is 5.56 Å². The number of carbonyl (C=O) groups excluding carboxylic acids is 1. The number of imidazole rings is 1. The van der Waals surface area contributed by atoms with Gasteiger partial charge in [-0.05, 0) is 57.9 Å². The van der Waals surface area contributed by atoms with Crippen molar-refractivity contribution >= 4 is 50.2 Å². The molecule has 0 fully saturated rings. The number of benzene rings is 1. The maximum Gasteiger partial charge on any atom is 0.268 e. The first kappa shape index (κ1) is 20.3. The molecule has 4 heterocycles. The van der Waals surface area contributed by atoms with Gasteiger partial charge in [0.25, 0.3) is 5.91 Å². The minimum atomic E-state index is -0.534. The Morgan fingerprint density at radius 1 is 1.03 bits per heavy atom. The van der Waals surface area contributed by atoms with Crippen molar-refractivity contribution in [1.29, 1.82) is 0 Å². The molecule has 1 amide bonds. The van der Waals surface area contributed by atoms with Gasteiger partial charge in [-0.25, -0.2) is 19.9 Å². The summed E-state index contributed by atoms with van der Waals surface area (Å²) in [5, 5.41) is 0. The highest BCUT2D eigenvalue weighted by atomic mass is 79.9. The molecule has 0 saturated heterocycles. The van der Waals surface area contributed by atoms with Gasteiger partial charge in [-0.2, -0.15) is 0 Å². The predicted octanol–water partition coefficient (Wildman–Crippen LogP) is 3.97. The van der Waals surface area contributed by atoms with Crippen LogP contribution < -0.4 is 11.5 Å². The van der Waals surface area contributed by atoms with Crippen molar-refractivity contribution in [3.63, 3.8) is 0 Å². The molecule has 0 unspecified atom stereocenters. The van der Waals surface area contributed by atoms with Crippen molar-refractivity contribution in [2.45, 2.75) is 6.42 Å². The second-order valence-corrected chi connectivity index (χ2v) is 9.36. The minimum Gasteiger partial charge on any atom is -0.383 e. The number of halogens is 1. The summed E-state index contributed by atoms with van der Waals surface area (Å²) in [5.74, 6) is 0.531. The number of pyridine rings is 2. The second-order valence-electron chi connectivity index (χ2n) is 7.00. The van der Waals surface area contributed by atoms with Crippen LogP contribution in [0, 0.1) is 0 Å². The first-order chi connectivity index (χ1) is 15.5. The normalized spacial score (nSPS) is 11.2. The molecule has 0 aliphatic heterocycles. The SMILES string of the molecule is NC(=O)c1nc(Br)sc1Cc1ccc(-n2c(-c3cccnc3N)nc3cccnc32)cc1. The van der Waals surface area contributed by atoms with Crippen molar-refractivity contribution in [2.75, 3.05) is 5.73 Å². The highest BCUT2D eigenvalue weighted by molar-refractivity contribution is 9.11. The Kier molecular flexibility index (Phi) is 5.16. The molecule has 0 radical (unpaired) electrons. The molecule has 5 aromatic rings. The zero-order chi connectivity index (χ0) is 22.2. The molecule has 8 nitrogen and oxygen atoms in total. The van der Waals surface area contributed by atoms with Crippen molar-refractivity contribution in [3.8, 4) is 17.1 Å². The van der Waals surface area contributed by atoms with Gasteiger partial charge in [0, 0.05) is 29.4 Å². The largest absolute Gasteiger partial charge is 0.383 e. The number of thiazole rings is 1. The lowest BCUT2D eigenvalue weighted by molar-refractivity contribution is 0.0995. The lowest BCUT2D eigenvalue weighted by Gasteiger charge is -2.11. The average molecular weight is 506 g/mol. The molecular formula is C22H16BrN7OS. The summed E-state index contributed by atoms with van der Waals surface area (Å²) in [6, 6.07) is 15.5. The van der Waals surface area contributed by atoms with Crippen LogP contribution in [0.4, 0.5) is 5.82 Å². The zero-order valence-electron chi connectivity index (χ0n) is 16.6. The minimum absolute atomic E-state index is 0.296. The van der Waals surface area contributed by atoms with Crippen LogP contribution in [0.15, 0.2) is 64.8 Å².